The highest BCUT2D eigenvalue weighted by Gasteiger charge is 2.18. The van der Waals surface area contributed by atoms with E-state index in [4.69, 9.17) is 5.11 Å². The molecule has 36 heavy (non-hydrogen) atoms. The SMILES string of the molecule is C=CC.O=C(O)c1ccccc1C(=O)c1ccccc1.O=C(c1ccccc1)C(O)c1ccccc1. The fraction of sp³-hybridized carbons (Fsp3) is 0.0645. The zero-order valence-electron chi connectivity index (χ0n) is 20.0. The van der Waals surface area contributed by atoms with Crippen molar-refractivity contribution in [3.63, 3.8) is 0 Å². The molecular formula is C31H28O5. The van der Waals surface area contributed by atoms with Crippen molar-refractivity contribution in [1.82, 2.24) is 0 Å². The number of aliphatic hydroxyl groups excluding tert-OH is 1. The number of carbonyl (C=O) groups excluding carboxylic acids is 2. The van der Waals surface area contributed by atoms with Crippen LogP contribution in [-0.4, -0.2) is 27.7 Å². The number of Topliss-reactive ketones (excluding diaryl/α,β-unsaturated/α-hetero) is 1. The number of ketones is 2. The Kier molecular flexibility index (Phi) is 11.2. The average Bonchev–Trinajstić information content (AvgIpc) is 2.94. The number of aliphatic hydroxyl groups is 1. The van der Waals surface area contributed by atoms with E-state index in [1.165, 1.54) is 12.1 Å². The predicted molar refractivity (Wildman–Crippen MR) is 141 cm³/mol. The summed E-state index contributed by atoms with van der Waals surface area (Å²) in [6.07, 6.45) is 0.670. The zero-order chi connectivity index (χ0) is 26.3. The monoisotopic (exact) mass is 480 g/mol. The molecule has 4 aromatic carbocycles. The Morgan fingerprint density at radius 3 is 1.53 bits per heavy atom. The van der Waals surface area contributed by atoms with Gasteiger partial charge in [0, 0.05) is 16.7 Å². The standard InChI is InChI=1S/C14H10O3.C14H12O2.C3H6/c15-13(10-6-2-1-3-7-10)11-8-4-5-9-12(11)14(16)17;15-13(11-7-3-1-4-8-11)14(16)12-9-5-2-6-10-12;1-3-2/h1-9H,(H,16,17);1-10,13,15H;3H,1H2,2H3. The van der Waals surface area contributed by atoms with Crippen LogP contribution in [0.15, 0.2) is 128 Å². The molecule has 4 aromatic rings. The molecule has 0 spiro atoms. The molecule has 5 nitrogen and oxygen atoms in total. The molecule has 0 aromatic heterocycles. The highest BCUT2D eigenvalue weighted by molar-refractivity contribution is 6.14. The quantitative estimate of drug-likeness (QED) is 0.246. The van der Waals surface area contributed by atoms with E-state index >= 15 is 0 Å². The van der Waals surface area contributed by atoms with E-state index in [9.17, 15) is 19.5 Å². The van der Waals surface area contributed by atoms with Crippen molar-refractivity contribution in [2.75, 3.05) is 0 Å². The zero-order valence-corrected chi connectivity index (χ0v) is 20.0. The molecule has 0 saturated carbocycles. The number of benzene rings is 4. The lowest BCUT2D eigenvalue weighted by Crippen LogP contribution is -2.11. The molecule has 0 heterocycles. The first-order chi connectivity index (χ1) is 17.4. The lowest BCUT2D eigenvalue weighted by molar-refractivity contribution is 0.0692. The molecule has 5 heteroatoms. The number of allylic oxidation sites excluding steroid dienone is 1. The van der Waals surface area contributed by atoms with E-state index in [2.05, 4.69) is 6.58 Å². The second kappa shape index (κ2) is 14.6. The summed E-state index contributed by atoms with van der Waals surface area (Å²) in [6, 6.07) is 32.6. The van der Waals surface area contributed by atoms with Gasteiger partial charge in [-0.25, -0.2) is 4.79 Å². The molecule has 0 aliphatic carbocycles. The molecule has 1 atom stereocenters. The first-order valence-corrected chi connectivity index (χ1v) is 11.2. The van der Waals surface area contributed by atoms with Gasteiger partial charge in [0.2, 0.25) is 0 Å². The van der Waals surface area contributed by atoms with Crippen molar-refractivity contribution in [3.05, 3.63) is 156 Å². The van der Waals surface area contributed by atoms with E-state index < -0.39 is 12.1 Å². The smallest absolute Gasteiger partial charge is 0.336 e. The molecule has 0 amide bonds. The van der Waals surface area contributed by atoms with Crippen LogP contribution < -0.4 is 0 Å². The third-order valence-corrected chi connectivity index (χ3v) is 4.86. The molecule has 0 bridgehead atoms. The van der Waals surface area contributed by atoms with E-state index in [1.54, 1.807) is 97.1 Å². The van der Waals surface area contributed by atoms with Crippen LogP contribution in [0.5, 0.6) is 0 Å². The summed E-state index contributed by atoms with van der Waals surface area (Å²) >= 11 is 0. The van der Waals surface area contributed by atoms with Crippen molar-refractivity contribution in [3.8, 4) is 0 Å². The molecular weight excluding hydrogens is 452 g/mol. The molecule has 1 unspecified atom stereocenters. The summed E-state index contributed by atoms with van der Waals surface area (Å²) in [4.78, 5) is 35.0. The number of hydrogen-bond acceptors (Lipinski definition) is 4. The van der Waals surface area contributed by atoms with E-state index in [-0.39, 0.29) is 22.7 Å². The van der Waals surface area contributed by atoms with Crippen molar-refractivity contribution in [2.24, 2.45) is 0 Å². The Morgan fingerprint density at radius 1 is 0.667 bits per heavy atom. The number of aromatic carboxylic acids is 1. The molecule has 0 fully saturated rings. The average molecular weight is 481 g/mol. The molecule has 4 rings (SSSR count). The van der Waals surface area contributed by atoms with Crippen LogP contribution in [0.1, 0.15) is 55.2 Å². The Hall–Kier alpha value is -4.61. The minimum absolute atomic E-state index is 0.0290. The molecule has 0 radical (unpaired) electrons. The van der Waals surface area contributed by atoms with Crippen LogP contribution >= 0.6 is 0 Å². The minimum Gasteiger partial charge on any atom is -0.478 e. The summed E-state index contributed by atoms with van der Waals surface area (Å²) < 4.78 is 0. The molecule has 182 valence electrons. The van der Waals surface area contributed by atoms with Gasteiger partial charge in [0.05, 0.1) is 5.56 Å². The number of carbonyl (C=O) groups is 3. The number of carboxylic acid groups (broad SMARTS) is 1. The summed E-state index contributed by atoms with van der Waals surface area (Å²) in [5.41, 5.74) is 1.88. The largest absolute Gasteiger partial charge is 0.478 e. The summed E-state index contributed by atoms with van der Waals surface area (Å²) in [5.74, 6) is -1.64. The summed E-state index contributed by atoms with van der Waals surface area (Å²) in [5, 5.41) is 18.9. The maximum atomic E-state index is 12.1. The fourth-order valence-corrected chi connectivity index (χ4v) is 3.16. The first kappa shape index (κ1) is 27.6. The number of carboxylic acids is 1. The van der Waals surface area contributed by atoms with Gasteiger partial charge in [0.15, 0.2) is 11.6 Å². The fourth-order valence-electron chi connectivity index (χ4n) is 3.16. The molecule has 0 aliphatic rings. The predicted octanol–water partition coefficient (Wildman–Crippen LogP) is 6.41. The van der Waals surface area contributed by atoms with E-state index in [0.29, 0.717) is 16.7 Å². The Labute approximate surface area is 211 Å². The summed E-state index contributed by atoms with van der Waals surface area (Å²) in [6.45, 7) is 5.25. The second-order valence-electron chi connectivity index (χ2n) is 7.50. The van der Waals surface area contributed by atoms with Crippen molar-refractivity contribution in [1.29, 1.82) is 0 Å². The van der Waals surface area contributed by atoms with Gasteiger partial charge in [0.1, 0.15) is 6.10 Å². The van der Waals surface area contributed by atoms with Gasteiger partial charge in [-0.2, -0.15) is 0 Å². The van der Waals surface area contributed by atoms with Crippen LogP contribution in [0, 0.1) is 0 Å². The lowest BCUT2D eigenvalue weighted by atomic mass is 9.98. The van der Waals surface area contributed by atoms with E-state index in [0.717, 1.165) is 0 Å². The van der Waals surface area contributed by atoms with Crippen molar-refractivity contribution in [2.45, 2.75) is 13.0 Å². The van der Waals surface area contributed by atoms with E-state index in [1.807, 2.05) is 19.1 Å². The summed E-state index contributed by atoms with van der Waals surface area (Å²) in [7, 11) is 0. The van der Waals surface area contributed by atoms with Gasteiger partial charge in [-0.3, -0.25) is 9.59 Å². The topological polar surface area (TPSA) is 91.7 Å². The first-order valence-electron chi connectivity index (χ1n) is 11.2. The van der Waals surface area contributed by atoms with Gasteiger partial charge in [-0.1, -0.05) is 115 Å². The minimum atomic E-state index is -1.09. The van der Waals surface area contributed by atoms with Crippen LogP contribution in [0.2, 0.25) is 0 Å². The molecule has 0 saturated heterocycles. The number of rotatable bonds is 6. The maximum absolute atomic E-state index is 12.1. The highest BCUT2D eigenvalue weighted by atomic mass is 16.4. The Balaban J connectivity index is 0.000000229. The number of hydrogen-bond donors (Lipinski definition) is 2. The Bertz CT molecular complexity index is 1270. The normalized spacial score (nSPS) is 10.4. The van der Waals surface area contributed by atoms with Crippen LogP contribution in [0.3, 0.4) is 0 Å². The Morgan fingerprint density at radius 2 is 1.06 bits per heavy atom. The third kappa shape index (κ3) is 8.01. The van der Waals surface area contributed by atoms with Gasteiger partial charge in [0.25, 0.3) is 0 Å². The lowest BCUT2D eigenvalue weighted by Gasteiger charge is -2.09. The molecule has 0 aliphatic heterocycles. The van der Waals surface area contributed by atoms with Gasteiger partial charge in [-0.05, 0) is 18.6 Å². The third-order valence-electron chi connectivity index (χ3n) is 4.86. The van der Waals surface area contributed by atoms with Crippen molar-refractivity contribution >= 4 is 17.5 Å². The van der Waals surface area contributed by atoms with Gasteiger partial charge < -0.3 is 10.2 Å². The maximum Gasteiger partial charge on any atom is 0.336 e. The second-order valence-corrected chi connectivity index (χ2v) is 7.50. The molecule has 2 N–H and O–H groups in total. The van der Waals surface area contributed by atoms with Crippen LogP contribution in [0.4, 0.5) is 0 Å². The highest BCUT2D eigenvalue weighted by Crippen LogP contribution is 2.18. The van der Waals surface area contributed by atoms with Gasteiger partial charge in [-0.15, -0.1) is 6.58 Å². The van der Waals surface area contributed by atoms with Gasteiger partial charge >= 0.3 is 5.97 Å². The van der Waals surface area contributed by atoms with Crippen LogP contribution in [-0.2, 0) is 0 Å². The van der Waals surface area contributed by atoms with Crippen LogP contribution in [0.25, 0.3) is 0 Å². The van der Waals surface area contributed by atoms with Crippen molar-refractivity contribution < 1.29 is 24.6 Å².